The Balaban J connectivity index is 2.92. The summed E-state index contributed by atoms with van der Waals surface area (Å²) in [6.07, 6.45) is -10.6. The van der Waals surface area contributed by atoms with Crippen LogP contribution in [0, 0.1) is 17.9 Å². The lowest BCUT2D eigenvalue weighted by Crippen LogP contribution is -2.31. The van der Waals surface area contributed by atoms with Gasteiger partial charge in [-0.25, -0.2) is 6.57 Å². The first kappa shape index (κ1) is 16.8. The average molecular weight is 310 g/mol. The highest BCUT2D eigenvalue weighted by atomic mass is 19.4. The molecule has 0 aromatic carbocycles. The van der Waals surface area contributed by atoms with Crippen molar-refractivity contribution in [3.05, 3.63) is 29.4 Å². The van der Waals surface area contributed by atoms with Gasteiger partial charge in [0.25, 0.3) is 0 Å². The smallest absolute Gasteiger partial charge is 0.292 e. The summed E-state index contributed by atoms with van der Waals surface area (Å²) in [5.41, 5.74) is -3.35. The maximum Gasteiger partial charge on any atom is 0.435 e. The zero-order valence-corrected chi connectivity index (χ0v) is 10.3. The zero-order chi connectivity index (χ0) is 16.3. The van der Waals surface area contributed by atoms with Gasteiger partial charge in [-0.05, 0) is 6.07 Å². The van der Waals surface area contributed by atoms with Crippen LogP contribution in [0.15, 0.2) is 12.3 Å². The molecule has 1 atom stereocenters. The van der Waals surface area contributed by atoms with Crippen molar-refractivity contribution >= 4 is 0 Å². The lowest BCUT2D eigenvalue weighted by atomic mass is 9.96. The van der Waals surface area contributed by atoms with Crippen LogP contribution in [-0.4, -0.2) is 21.5 Å². The van der Waals surface area contributed by atoms with Crippen molar-refractivity contribution in [1.82, 2.24) is 9.78 Å². The van der Waals surface area contributed by atoms with Gasteiger partial charge in [-0.3, -0.25) is 9.53 Å². The Kier molecular flexibility index (Phi) is 4.52. The number of nitriles is 1. The molecule has 114 valence electrons. The topological polar surface area (TPSA) is 46.0 Å². The molecule has 1 aromatic rings. The molecule has 1 unspecified atom stereocenters. The summed E-state index contributed by atoms with van der Waals surface area (Å²) >= 11 is 0. The van der Waals surface area contributed by atoms with E-state index in [2.05, 4.69) is 9.94 Å². The van der Waals surface area contributed by atoms with E-state index < -0.39 is 43.0 Å². The third kappa shape index (κ3) is 4.67. The predicted octanol–water partition coefficient (Wildman–Crippen LogP) is 3.43. The Hall–Kier alpha value is -2.23. The van der Waals surface area contributed by atoms with Gasteiger partial charge in [0, 0.05) is 6.20 Å². The minimum Gasteiger partial charge on any atom is -0.292 e. The molecule has 4 nitrogen and oxygen atoms in total. The van der Waals surface area contributed by atoms with E-state index in [4.69, 9.17) is 11.8 Å². The van der Waals surface area contributed by atoms with E-state index in [1.54, 1.807) is 0 Å². The molecular formula is C11H8F6N4. The number of rotatable bonds is 4. The molecule has 0 amide bonds. The van der Waals surface area contributed by atoms with Crippen molar-refractivity contribution in [2.24, 2.45) is 0 Å². The van der Waals surface area contributed by atoms with Crippen molar-refractivity contribution in [1.29, 1.82) is 5.26 Å². The Morgan fingerprint density at radius 2 is 1.86 bits per heavy atom. The lowest BCUT2D eigenvalue weighted by molar-refractivity contribution is -0.141. The molecule has 1 aromatic heterocycles. The predicted molar refractivity (Wildman–Crippen MR) is 57.5 cm³/mol. The normalized spacial score (nSPS) is 15.0. The molecule has 0 radical (unpaired) electrons. The van der Waals surface area contributed by atoms with Crippen LogP contribution < -0.4 is 0 Å². The van der Waals surface area contributed by atoms with Crippen molar-refractivity contribution in [2.45, 2.75) is 37.3 Å². The maximum absolute atomic E-state index is 12.4. The maximum atomic E-state index is 12.4. The van der Waals surface area contributed by atoms with Gasteiger partial charge in [0.05, 0.1) is 12.8 Å². The van der Waals surface area contributed by atoms with E-state index in [1.807, 2.05) is 0 Å². The number of hydrogen-bond donors (Lipinski definition) is 0. The fourth-order valence-corrected chi connectivity index (χ4v) is 1.50. The van der Waals surface area contributed by atoms with Crippen LogP contribution in [0.3, 0.4) is 0 Å². The Morgan fingerprint density at radius 1 is 1.24 bits per heavy atom. The molecular weight excluding hydrogens is 302 g/mol. The molecule has 0 spiro atoms. The summed E-state index contributed by atoms with van der Waals surface area (Å²) in [7, 11) is 0. The van der Waals surface area contributed by atoms with E-state index in [0.717, 1.165) is 6.20 Å². The van der Waals surface area contributed by atoms with Crippen molar-refractivity contribution in [3.63, 3.8) is 0 Å². The van der Waals surface area contributed by atoms with E-state index in [9.17, 15) is 26.3 Å². The fraction of sp³-hybridized carbons (Fsp3) is 0.545. The highest BCUT2D eigenvalue weighted by molar-refractivity contribution is 5.16. The molecule has 0 aliphatic carbocycles. The van der Waals surface area contributed by atoms with Crippen LogP contribution in [0.25, 0.3) is 4.85 Å². The third-order valence-corrected chi connectivity index (χ3v) is 2.60. The number of hydrogen-bond acceptors (Lipinski definition) is 2. The van der Waals surface area contributed by atoms with Gasteiger partial charge in [-0.2, -0.15) is 36.7 Å². The summed E-state index contributed by atoms with van der Waals surface area (Å²) in [5.74, 6) is 0. The average Bonchev–Trinajstić information content (AvgIpc) is 2.82. The summed E-state index contributed by atoms with van der Waals surface area (Å²) in [5, 5.41) is 12.0. The quantitative estimate of drug-likeness (QED) is 0.632. The molecule has 0 fully saturated rings. The number of nitrogens with zero attached hydrogens (tertiary/aromatic N) is 4. The minimum absolute atomic E-state index is 0.621. The highest BCUT2D eigenvalue weighted by Crippen LogP contribution is 2.30. The van der Waals surface area contributed by atoms with Gasteiger partial charge < -0.3 is 0 Å². The highest BCUT2D eigenvalue weighted by Gasteiger charge is 2.43. The van der Waals surface area contributed by atoms with Crippen LogP contribution in [-0.2, 0) is 12.7 Å². The van der Waals surface area contributed by atoms with Gasteiger partial charge in [-0.15, -0.1) is 0 Å². The summed E-state index contributed by atoms with van der Waals surface area (Å²) in [4.78, 5) is 2.85. The molecule has 21 heavy (non-hydrogen) atoms. The molecule has 0 aliphatic heterocycles. The standard InChI is InChI=1S/C11H8F6N4/c1-19-9(6-18,3-4-10(12,13)14)7-21-5-2-8(20-21)11(15,16)17/h2,5H,3-4,7H2. The molecule has 1 heterocycles. The zero-order valence-electron chi connectivity index (χ0n) is 10.3. The molecule has 0 aliphatic rings. The lowest BCUT2D eigenvalue weighted by Gasteiger charge is -2.15. The van der Waals surface area contributed by atoms with Crippen LogP contribution in [0.4, 0.5) is 26.3 Å². The van der Waals surface area contributed by atoms with E-state index >= 15 is 0 Å². The number of alkyl halides is 6. The van der Waals surface area contributed by atoms with Gasteiger partial charge in [-0.1, -0.05) is 0 Å². The molecule has 10 heteroatoms. The van der Waals surface area contributed by atoms with Gasteiger partial charge in [0.15, 0.2) is 11.8 Å². The monoisotopic (exact) mass is 310 g/mol. The van der Waals surface area contributed by atoms with Crippen molar-refractivity contribution in [2.75, 3.05) is 0 Å². The molecule has 0 bridgehead atoms. The SMILES string of the molecule is [C-]#[N+]C(C#N)(CCC(F)(F)F)Cn1ccc(C(F)(F)F)n1. The first-order valence-electron chi connectivity index (χ1n) is 5.49. The number of aromatic nitrogens is 2. The number of halogens is 6. The van der Waals surface area contributed by atoms with E-state index in [1.165, 1.54) is 6.07 Å². The molecule has 0 saturated heterocycles. The first-order valence-corrected chi connectivity index (χ1v) is 5.49. The third-order valence-electron chi connectivity index (χ3n) is 2.60. The van der Waals surface area contributed by atoms with Crippen molar-refractivity contribution in [3.8, 4) is 6.07 Å². The van der Waals surface area contributed by atoms with E-state index in [0.29, 0.717) is 10.7 Å². The van der Waals surface area contributed by atoms with Crippen LogP contribution in [0.1, 0.15) is 18.5 Å². The second-order valence-corrected chi connectivity index (χ2v) is 4.27. The van der Waals surface area contributed by atoms with Gasteiger partial charge >= 0.3 is 17.9 Å². The second kappa shape index (κ2) is 5.64. The summed E-state index contributed by atoms with van der Waals surface area (Å²) < 4.78 is 74.2. The molecule has 1 rings (SSSR count). The van der Waals surface area contributed by atoms with Gasteiger partial charge in [0.1, 0.15) is 6.54 Å². The summed E-state index contributed by atoms with van der Waals surface area (Å²) in [6, 6.07) is 2.06. The van der Waals surface area contributed by atoms with Crippen LogP contribution in [0.5, 0.6) is 0 Å². The molecule has 0 saturated carbocycles. The van der Waals surface area contributed by atoms with Gasteiger partial charge in [0.2, 0.25) is 0 Å². The molecule has 0 N–H and O–H groups in total. The van der Waals surface area contributed by atoms with E-state index in [-0.39, 0.29) is 0 Å². The Morgan fingerprint density at radius 3 is 2.24 bits per heavy atom. The van der Waals surface area contributed by atoms with Crippen LogP contribution >= 0.6 is 0 Å². The second-order valence-electron chi connectivity index (χ2n) is 4.27. The van der Waals surface area contributed by atoms with Crippen LogP contribution in [0.2, 0.25) is 0 Å². The minimum atomic E-state index is -4.70. The fourth-order valence-electron chi connectivity index (χ4n) is 1.50. The largest absolute Gasteiger partial charge is 0.435 e. The Bertz CT molecular complexity index is 557. The van der Waals surface area contributed by atoms with Crippen molar-refractivity contribution < 1.29 is 26.3 Å². The first-order chi connectivity index (χ1) is 9.51. The Labute approximate surface area is 115 Å². The summed E-state index contributed by atoms with van der Waals surface area (Å²) in [6.45, 7) is 6.20.